The molecule has 2 aromatic heterocycles. The summed E-state index contributed by atoms with van der Waals surface area (Å²) in [5.41, 5.74) is 0.963. The minimum atomic E-state index is -4.46. The second-order valence-corrected chi connectivity index (χ2v) is 5.15. The lowest BCUT2D eigenvalue weighted by atomic mass is 10.1. The fourth-order valence-corrected chi connectivity index (χ4v) is 2.18. The van der Waals surface area contributed by atoms with Crippen molar-refractivity contribution < 1.29 is 13.2 Å². The molecule has 0 unspecified atom stereocenters. The molecule has 0 aliphatic rings. The van der Waals surface area contributed by atoms with Crippen molar-refractivity contribution in [1.29, 1.82) is 5.26 Å². The monoisotopic (exact) mass is 340 g/mol. The van der Waals surface area contributed by atoms with Crippen LogP contribution in [0.3, 0.4) is 0 Å². The summed E-state index contributed by atoms with van der Waals surface area (Å²) in [5, 5.41) is 13.5. The molecule has 7 heteroatoms. The van der Waals surface area contributed by atoms with Crippen LogP contribution in [0.25, 0.3) is 17.3 Å². The van der Waals surface area contributed by atoms with E-state index in [9.17, 15) is 18.4 Å². The molecule has 0 saturated heterocycles. The first-order valence-corrected chi connectivity index (χ1v) is 7.23. The van der Waals surface area contributed by atoms with Crippen LogP contribution in [0.15, 0.2) is 61.1 Å². The Morgan fingerprint density at radius 3 is 2.44 bits per heavy atom. The van der Waals surface area contributed by atoms with Gasteiger partial charge in [-0.3, -0.25) is 4.98 Å². The third-order valence-corrected chi connectivity index (χ3v) is 3.42. The van der Waals surface area contributed by atoms with E-state index >= 15 is 0 Å². The fraction of sp³-hybridized carbons (Fsp3) is 0.0556. The number of hydrogen-bond donors (Lipinski definition) is 0. The first-order chi connectivity index (χ1) is 12.0. The van der Waals surface area contributed by atoms with Crippen molar-refractivity contribution in [2.24, 2.45) is 0 Å². The van der Waals surface area contributed by atoms with E-state index in [2.05, 4.69) is 10.1 Å². The Balaban J connectivity index is 1.89. The number of benzene rings is 1. The molecule has 2 heterocycles. The molecule has 25 heavy (non-hydrogen) atoms. The van der Waals surface area contributed by atoms with Crippen LogP contribution in [-0.2, 0) is 6.18 Å². The van der Waals surface area contributed by atoms with Gasteiger partial charge in [0.25, 0.3) is 0 Å². The Hall–Kier alpha value is -3.40. The molecule has 4 nitrogen and oxygen atoms in total. The lowest BCUT2D eigenvalue weighted by molar-refractivity contribution is -0.137. The second kappa shape index (κ2) is 6.61. The van der Waals surface area contributed by atoms with E-state index < -0.39 is 11.7 Å². The van der Waals surface area contributed by atoms with Crippen molar-refractivity contribution in [3.8, 4) is 11.8 Å². The van der Waals surface area contributed by atoms with Gasteiger partial charge in [-0.05, 0) is 30.3 Å². The SMILES string of the molecule is N#C/C(=C\c1cnn(-c2ccccc2)c1)c1ccc(C(F)(F)F)cn1. The van der Waals surface area contributed by atoms with Crippen LogP contribution in [0.2, 0.25) is 0 Å². The van der Waals surface area contributed by atoms with Crippen molar-refractivity contribution >= 4 is 11.6 Å². The molecule has 0 spiro atoms. The van der Waals surface area contributed by atoms with Gasteiger partial charge >= 0.3 is 6.18 Å². The fourth-order valence-electron chi connectivity index (χ4n) is 2.18. The smallest absolute Gasteiger partial charge is 0.255 e. The summed E-state index contributed by atoms with van der Waals surface area (Å²) in [4.78, 5) is 3.74. The lowest BCUT2D eigenvalue weighted by Gasteiger charge is -2.06. The number of allylic oxidation sites excluding steroid dienone is 1. The Morgan fingerprint density at radius 2 is 1.84 bits per heavy atom. The number of nitriles is 1. The number of nitrogens with zero attached hydrogens (tertiary/aromatic N) is 4. The number of halogens is 3. The zero-order valence-corrected chi connectivity index (χ0v) is 12.8. The zero-order valence-electron chi connectivity index (χ0n) is 12.8. The van der Waals surface area contributed by atoms with Gasteiger partial charge < -0.3 is 0 Å². The minimum Gasteiger partial charge on any atom is -0.255 e. The lowest BCUT2D eigenvalue weighted by Crippen LogP contribution is -2.05. The van der Waals surface area contributed by atoms with Crippen LogP contribution in [0.5, 0.6) is 0 Å². The van der Waals surface area contributed by atoms with Gasteiger partial charge in [-0.15, -0.1) is 0 Å². The largest absolute Gasteiger partial charge is 0.417 e. The van der Waals surface area contributed by atoms with E-state index in [0.29, 0.717) is 11.8 Å². The van der Waals surface area contributed by atoms with Gasteiger partial charge in [-0.1, -0.05) is 18.2 Å². The quantitative estimate of drug-likeness (QED) is 0.666. The molecule has 124 valence electrons. The number of aromatic nitrogens is 3. The molecular weight excluding hydrogens is 329 g/mol. The second-order valence-electron chi connectivity index (χ2n) is 5.15. The third kappa shape index (κ3) is 3.75. The Bertz CT molecular complexity index is 933. The summed E-state index contributed by atoms with van der Waals surface area (Å²) in [6.45, 7) is 0. The first-order valence-electron chi connectivity index (χ1n) is 7.23. The highest BCUT2D eigenvalue weighted by Gasteiger charge is 2.30. The van der Waals surface area contributed by atoms with Crippen LogP contribution >= 0.6 is 0 Å². The molecule has 0 amide bonds. The number of alkyl halides is 3. The van der Waals surface area contributed by atoms with Gasteiger partial charge in [0.05, 0.1) is 28.7 Å². The molecule has 0 N–H and O–H groups in total. The molecule has 0 radical (unpaired) electrons. The van der Waals surface area contributed by atoms with Gasteiger partial charge in [0.15, 0.2) is 0 Å². The van der Waals surface area contributed by atoms with Gasteiger partial charge in [-0.25, -0.2) is 4.68 Å². The molecule has 0 bridgehead atoms. The Morgan fingerprint density at radius 1 is 1.08 bits per heavy atom. The number of hydrogen-bond acceptors (Lipinski definition) is 3. The van der Waals surface area contributed by atoms with Crippen molar-refractivity contribution in [2.75, 3.05) is 0 Å². The normalized spacial score (nSPS) is 12.0. The minimum absolute atomic E-state index is 0.154. The van der Waals surface area contributed by atoms with Crippen molar-refractivity contribution in [3.63, 3.8) is 0 Å². The Labute approximate surface area is 141 Å². The molecule has 0 aliphatic heterocycles. The summed E-state index contributed by atoms with van der Waals surface area (Å²) in [6.07, 6.45) is 1.07. The topological polar surface area (TPSA) is 54.5 Å². The summed E-state index contributed by atoms with van der Waals surface area (Å²) >= 11 is 0. The highest BCUT2D eigenvalue weighted by atomic mass is 19.4. The molecule has 0 fully saturated rings. The molecular formula is C18H11F3N4. The van der Waals surface area contributed by atoms with Crippen LogP contribution in [0, 0.1) is 11.3 Å². The molecule has 1 aromatic carbocycles. The number of rotatable bonds is 3. The maximum absolute atomic E-state index is 12.6. The van der Waals surface area contributed by atoms with Gasteiger partial charge in [0.2, 0.25) is 0 Å². The molecule has 0 saturated carbocycles. The Kier molecular flexibility index (Phi) is 4.35. The highest BCUT2D eigenvalue weighted by molar-refractivity contribution is 5.88. The van der Waals surface area contributed by atoms with Crippen LogP contribution in [-0.4, -0.2) is 14.8 Å². The standard InChI is InChI=1S/C18H11F3N4/c19-18(20,21)15-6-7-17(23-11-15)14(9-22)8-13-10-24-25(12-13)16-4-2-1-3-5-16/h1-8,10-12H/b14-8+. The predicted octanol–water partition coefficient (Wildman–Crippen LogP) is 4.35. The van der Waals surface area contributed by atoms with E-state index in [-0.39, 0.29) is 11.3 Å². The maximum atomic E-state index is 12.6. The first kappa shape index (κ1) is 16.5. The van der Waals surface area contributed by atoms with Crippen molar-refractivity contribution in [2.45, 2.75) is 6.18 Å². The average molecular weight is 340 g/mol. The van der Waals surface area contributed by atoms with Crippen molar-refractivity contribution in [1.82, 2.24) is 14.8 Å². The van der Waals surface area contributed by atoms with E-state index in [1.54, 1.807) is 17.1 Å². The van der Waals surface area contributed by atoms with Gasteiger partial charge in [-0.2, -0.15) is 23.5 Å². The summed E-state index contributed by atoms with van der Waals surface area (Å²) in [7, 11) is 0. The van der Waals surface area contributed by atoms with Crippen molar-refractivity contribution in [3.05, 3.63) is 77.9 Å². The average Bonchev–Trinajstić information content (AvgIpc) is 3.08. The van der Waals surface area contributed by atoms with E-state index in [4.69, 9.17) is 0 Å². The van der Waals surface area contributed by atoms with Crippen LogP contribution in [0.1, 0.15) is 16.8 Å². The maximum Gasteiger partial charge on any atom is 0.417 e. The highest BCUT2D eigenvalue weighted by Crippen LogP contribution is 2.29. The third-order valence-electron chi connectivity index (χ3n) is 3.42. The van der Waals surface area contributed by atoms with E-state index in [1.165, 1.54) is 12.1 Å². The number of pyridine rings is 1. The molecule has 3 rings (SSSR count). The van der Waals surface area contributed by atoms with E-state index in [1.807, 2.05) is 36.4 Å². The van der Waals surface area contributed by atoms with Crippen LogP contribution in [0.4, 0.5) is 13.2 Å². The van der Waals surface area contributed by atoms with Gasteiger partial charge in [0.1, 0.15) is 6.07 Å². The predicted molar refractivity (Wildman–Crippen MR) is 86.3 cm³/mol. The van der Waals surface area contributed by atoms with Crippen LogP contribution < -0.4 is 0 Å². The summed E-state index contributed by atoms with van der Waals surface area (Å²) in [5.74, 6) is 0. The molecule has 3 aromatic rings. The number of para-hydroxylation sites is 1. The zero-order chi connectivity index (χ0) is 17.9. The molecule has 0 aliphatic carbocycles. The summed E-state index contributed by atoms with van der Waals surface area (Å²) < 4.78 is 39.4. The van der Waals surface area contributed by atoms with E-state index in [0.717, 1.165) is 11.8 Å². The molecule has 0 atom stereocenters. The summed E-state index contributed by atoms with van der Waals surface area (Å²) in [6, 6.07) is 13.4. The van der Waals surface area contributed by atoms with Gasteiger partial charge in [0, 0.05) is 18.0 Å².